The van der Waals surface area contributed by atoms with Gasteiger partial charge in [-0.25, -0.2) is 4.39 Å². The summed E-state index contributed by atoms with van der Waals surface area (Å²) in [5.41, 5.74) is 6.06. The third-order valence-electron chi connectivity index (χ3n) is 5.70. The average Bonchev–Trinajstić information content (AvgIpc) is 2.72. The molecule has 0 heterocycles. The molecule has 4 rings (SSSR count). The molecule has 0 radical (unpaired) electrons. The third kappa shape index (κ3) is 5.41. The topological polar surface area (TPSA) is 12.5 Å². The maximum Gasteiger partial charge on any atom is 0.123 e. The average molecular weight is 426 g/mol. The SMILES string of the molecule is CN(C)CC1CCc2cc(OCc3ccccc3-c3ccc(F)cc3)ccc2C1.Cl. The molecule has 30 heavy (non-hydrogen) atoms. The fourth-order valence-electron chi connectivity index (χ4n) is 4.29. The lowest BCUT2D eigenvalue weighted by atomic mass is 9.83. The zero-order valence-corrected chi connectivity index (χ0v) is 18.4. The molecule has 1 unspecified atom stereocenters. The number of hydrogen-bond acceptors (Lipinski definition) is 2. The fraction of sp³-hybridized carbons (Fsp3) is 0.308. The van der Waals surface area contributed by atoms with Gasteiger partial charge in [-0.1, -0.05) is 42.5 Å². The first kappa shape index (κ1) is 22.3. The Balaban J connectivity index is 0.00000256. The molecule has 0 aliphatic heterocycles. The number of halogens is 2. The summed E-state index contributed by atoms with van der Waals surface area (Å²) in [6, 6.07) is 21.3. The van der Waals surface area contributed by atoms with Gasteiger partial charge in [0.25, 0.3) is 0 Å². The molecule has 1 atom stereocenters. The highest BCUT2D eigenvalue weighted by Crippen LogP contribution is 2.30. The lowest BCUT2D eigenvalue weighted by Crippen LogP contribution is -2.26. The maximum atomic E-state index is 13.3. The normalized spacial score (nSPS) is 15.4. The first-order valence-electron chi connectivity index (χ1n) is 10.3. The Labute approximate surface area is 185 Å². The molecule has 0 fully saturated rings. The molecule has 3 aromatic rings. The second kappa shape index (κ2) is 10.1. The fourth-order valence-corrected chi connectivity index (χ4v) is 4.29. The van der Waals surface area contributed by atoms with E-state index in [9.17, 15) is 4.39 Å². The first-order valence-corrected chi connectivity index (χ1v) is 10.3. The van der Waals surface area contributed by atoms with Crippen molar-refractivity contribution >= 4 is 12.4 Å². The van der Waals surface area contributed by atoms with Gasteiger partial charge in [0.05, 0.1) is 0 Å². The van der Waals surface area contributed by atoms with Gasteiger partial charge in [0.15, 0.2) is 0 Å². The molecule has 0 spiro atoms. The number of rotatable bonds is 6. The minimum Gasteiger partial charge on any atom is -0.489 e. The highest BCUT2D eigenvalue weighted by atomic mass is 35.5. The van der Waals surface area contributed by atoms with Crippen LogP contribution in [0.5, 0.6) is 5.75 Å². The number of fused-ring (bicyclic) bond motifs is 1. The van der Waals surface area contributed by atoms with E-state index in [1.807, 2.05) is 24.3 Å². The van der Waals surface area contributed by atoms with E-state index in [1.54, 1.807) is 0 Å². The minimum absolute atomic E-state index is 0. The van der Waals surface area contributed by atoms with Crippen LogP contribution in [0.1, 0.15) is 23.1 Å². The summed E-state index contributed by atoms with van der Waals surface area (Å²) in [6.07, 6.45) is 3.51. The van der Waals surface area contributed by atoms with Crippen LogP contribution in [-0.4, -0.2) is 25.5 Å². The van der Waals surface area contributed by atoms with Crippen molar-refractivity contribution in [2.24, 2.45) is 5.92 Å². The van der Waals surface area contributed by atoms with E-state index < -0.39 is 0 Å². The largest absolute Gasteiger partial charge is 0.489 e. The molecule has 0 aromatic heterocycles. The van der Waals surface area contributed by atoms with E-state index >= 15 is 0 Å². The van der Waals surface area contributed by atoms with Crippen molar-refractivity contribution in [1.29, 1.82) is 0 Å². The van der Waals surface area contributed by atoms with Crippen LogP contribution in [0.15, 0.2) is 66.7 Å². The van der Waals surface area contributed by atoms with Crippen LogP contribution in [0, 0.1) is 11.7 Å². The summed E-state index contributed by atoms with van der Waals surface area (Å²) < 4.78 is 19.4. The maximum absolute atomic E-state index is 13.3. The molecule has 158 valence electrons. The third-order valence-corrected chi connectivity index (χ3v) is 5.70. The minimum atomic E-state index is -0.218. The van der Waals surface area contributed by atoms with E-state index in [4.69, 9.17) is 4.74 Å². The van der Waals surface area contributed by atoms with Gasteiger partial charge in [0, 0.05) is 6.54 Å². The number of benzene rings is 3. The van der Waals surface area contributed by atoms with Crippen LogP contribution < -0.4 is 4.74 Å². The highest BCUT2D eigenvalue weighted by molar-refractivity contribution is 5.85. The Hall–Kier alpha value is -2.36. The summed E-state index contributed by atoms with van der Waals surface area (Å²) in [6.45, 7) is 1.65. The van der Waals surface area contributed by atoms with E-state index in [-0.39, 0.29) is 18.2 Å². The van der Waals surface area contributed by atoms with Gasteiger partial charge in [-0.15, -0.1) is 12.4 Å². The standard InChI is InChI=1S/C26H28FNO.ClH/c1-28(2)17-19-7-8-22-16-25(14-11-21(22)15-19)29-18-23-5-3-4-6-26(23)20-9-12-24(27)13-10-20;/h3-6,9-14,16,19H,7-8,15,17-18H2,1-2H3;1H. The van der Waals surface area contributed by atoms with Crippen molar-refractivity contribution in [2.45, 2.75) is 25.9 Å². The molecule has 0 N–H and O–H groups in total. The molecule has 2 nitrogen and oxygen atoms in total. The van der Waals surface area contributed by atoms with E-state index in [2.05, 4.69) is 49.3 Å². The molecule has 3 aromatic carbocycles. The molecule has 0 saturated heterocycles. The van der Waals surface area contributed by atoms with Gasteiger partial charge >= 0.3 is 0 Å². The van der Waals surface area contributed by atoms with E-state index in [0.29, 0.717) is 6.61 Å². The van der Waals surface area contributed by atoms with Gasteiger partial charge in [-0.3, -0.25) is 0 Å². The van der Waals surface area contributed by atoms with Crippen LogP contribution in [0.2, 0.25) is 0 Å². The summed E-state index contributed by atoms with van der Waals surface area (Å²) in [5.74, 6) is 1.44. The van der Waals surface area contributed by atoms with Crippen molar-refractivity contribution in [2.75, 3.05) is 20.6 Å². The lowest BCUT2D eigenvalue weighted by molar-refractivity contribution is 0.297. The summed E-state index contributed by atoms with van der Waals surface area (Å²) in [7, 11) is 4.30. The van der Waals surface area contributed by atoms with E-state index in [0.717, 1.165) is 47.7 Å². The quantitative estimate of drug-likeness (QED) is 0.469. The van der Waals surface area contributed by atoms with Crippen molar-refractivity contribution in [1.82, 2.24) is 4.90 Å². The zero-order valence-electron chi connectivity index (χ0n) is 17.6. The monoisotopic (exact) mass is 425 g/mol. The summed E-state index contributed by atoms with van der Waals surface area (Å²) in [4.78, 5) is 2.28. The van der Waals surface area contributed by atoms with Crippen molar-refractivity contribution in [3.63, 3.8) is 0 Å². The van der Waals surface area contributed by atoms with E-state index in [1.165, 1.54) is 29.7 Å². The number of ether oxygens (including phenoxy) is 1. The molecule has 0 bridgehead atoms. The molecular weight excluding hydrogens is 397 g/mol. The molecule has 0 saturated carbocycles. The Morgan fingerprint density at radius 1 is 0.967 bits per heavy atom. The van der Waals surface area contributed by atoms with Crippen LogP contribution >= 0.6 is 12.4 Å². The summed E-state index contributed by atoms with van der Waals surface area (Å²) >= 11 is 0. The van der Waals surface area contributed by atoms with Crippen LogP contribution in [0.25, 0.3) is 11.1 Å². The predicted octanol–water partition coefficient (Wildman–Crippen LogP) is 6.16. The molecule has 1 aliphatic rings. The van der Waals surface area contributed by atoms with Crippen LogP contribution in [0.4, 0.5) is 4.39 Å². The Kier molecular flexibility index (Phi) is 7.52. The molecule has 4 heteroatoms. The number of nitrogens with zero attached hydrogens (tertiary/aromatic N) is 1. The lowest BCUT2D eigenvalue weighted by Gasteiger charge is -2.27. The smallest absolute Gasteiger partial charge is 0.123 e. The number of aryl methyl sites for hydroxylation is 1. The second-order valence-corrected chi connectivity index (χ2v) is 8.25. The van der Waals surface area contributed by atoms with Crippen molar-refractivity contribution < 1.29 is 9.13 Å². The molecule has 1 aliphatic carbocycles. The molecule has 0 amide bonds. The second-order valence-electron chi connectivity index (χ2n) is 8.25. The Morgan fingerprint density at radius 2 is 1.73 bits per heavy atom. The van der Waals surface area contributed by atoms with Gasteiger partial charge in [-0.05, 0) is 91.4 Å². The van der Waals surface area contributed by atoms with Crippen molar-refractivity contribution in [3.05, 3.63) is 89.2 Å². The van der Waals surface area contributed by atoms with Crippen LogP contribution in [0.3, 0.4) is 0 Å². The predicted molar refractivity (Wildman–Crippen MR) is 124 cm³/mol. The van der Waals surface area contributed by atoms with Crippen LogP contribution in [-0.2, 0) is 19.4 Å². The highest BCUT2D eigenvalue weighted by Gasteiger charge is 2.19. The van der Waals surface area contributed by atoms with Gasteiger partial charge in [0.1, 0.15) is 18.2 Å². The first-order chi connectivity index (χ1) is 14.1. The van der Waals surface area contributed by atoms with Gasteiger partial charge in [0.2, 0.25) is 0 Å². The Morgan fingerprint density at radius 3 is 2.50 bits per heavy atom. The van der Waals surface area contributed by atoms with Crippen molar-refractivity contribution in [3.8, 4) is 16.9 Å². The number of hydrogen-bond donors (Lipinski definition) is 0. The molecular formula is C26H29ClFNO. The zero-order chi connectivity index (χ0) is 20.2. The Bertz CT molecular complexity index is 971. The summed E-state index contributed by atoms with van der Waals surface area (Å²) in [5, 5.41) is 0. The van der Waals surface area contributed by atoms with Gasteiger partial charge < -0.3 is 9.64 Å². The van der Waals surface area contributed by atoms with Gasteiger partial charge in [-0.2, -0.15) is 0 Å².